The number of hydrogen-bond acceptors (Lipinski definition) is 4. The summed E-state index contributed by atoms with van der Waals surface area (Å²) < 4.78 is 4.95. The number of nitrogens with zero attached hydrogens (tertiary/aromatic N) is 1. The van der Waals surface area contributed by atoms with Gasteiger partial charge in [-0.3, -0.25) is 9.69 Å². The molecular weight excluding hydrogens is 252 g/mol. The van der Waals surface area contributed by atoms with Crippen LogP contribution in [0.1, 0.15) is 59.3 Å². The van der Waals surface area contributed by atoms with Crippen molar-refractivity contribution in [3.63, 3.8) is 0 Å². The summed E-state index contributed by atoms with van der Waals surface area (Å²) in [4.78, 5) is 14.6. The van der Waals surface area contributed by atoms with Crippen LogP contribution in [0.2, 0.25) is 0 Å². The lowest BCUT2D eigenvalue weighted by molar-refractivity contribution is -0.148. The lowest BCUT2D eigenvalue weighted by Gasteiger charge is -2.40. The van der Waals surface area contributed by atoms with E-state index >= 15 is 0 Å². The Labute approximate surface area is 124 Å². The summed E-state index contributed by atoms with van der Waals surface area (Å²) in [5.41, 5.74) is -0.601. The molecule has 0 radical (unpaired) electrons. The zero-order valence-electron chi connectivity index (χ0n) is 13.9. The smallest absolute Gasteiger partial charge is 0.325 e. The van der Waals surface area contributed by atoms with Gasteiger partial charge in [-0.05, 0) is 46.7 Å². The summed E-state index contributed by atoms with van der Waals surface area (Å²) in [7, 11) is 3.29. The van der Waals surface area contributed by atoms with E-state index in [0.29, 0.717) is 12.1 Å². The van der Waals surface area contributed by atoms with Crippen molar-refractivity contribution in [3.05, 3.63) is 0 Å². The fourth-order valence-corrected chi connectivity index (χ4v) is 3.56. The molecule has 118 valence electrons. The fourth-order valence-electron chi connectivity index (χ4n) is 3.56. The summed E-state index contributed by atoms with van der Waals surface area (Å²) in [6.45, 7) is 7.44. The van der Waals surface area contributed by atoms with Crippen LogP contribution in [0, 0.1) is 0 Å². The first-order valence-corrected chi connectivity index (χ1v) is 8.01. The predicted molar refractivity (Wildman–Crippen MR) is 82.8 cm³/mol. The second-order valence-corrected chi connectivity index (χ2v) is 6.25. The van der Waals surface area contributed by atoms with Crippen molar-refractivity contribution in [2.24, 2.45) is 0 Å². The van der Waals surface area contributed by atoms with Crippen LogP contribution >= 0.6 is 0 Å². The highest BCUT2D eigenvalue weighted by atomic mass is 16.5. The van der Waals surface area contributed by atoms with Crippen molar-refractivity contribution in [1.82, 2.24) is 10.2 Å². The minimum Gasteiger partial charge on any atom is -0.468 e. The second kappa shape index (κ2) is 7.99. The van der Waals surface area contributed by atoms with Gasteiger partial charge in [0, 0.05) is 12.1 Å². The molecule has 0 aromatic carbocycles. The van der Waals surface area contributed by atoms with Gasteiger partial charge < -0.3 is 10.1 Å². The Balaban J connectivity index is 2.69. The number of hydrogen-bond donors (Lipinski definition) is 1. The van der Waals surface area contributed by atoms with Crippen molar-refractivity contribution in [2.45, 2.75) is 76.9 Å². The van der Waals surface area contributed by atoms with Crippen molar-refractivity contribution >= 4 is 5.97 Å². The predicted octanol–water partition coefficient (Wildman–Crippen LogP) is 2.57. The quantitative estimate of drug-likeness (QED) is 0.730. The van der Waals surface area contributed by atoms with Crippen LogP contribution in [-0.2, 0) is 9.53 Å². The van der Waals surface area contributed by atoms with Gasteiger partial charge in [0.2, 0.25) is 0 Å². The van der Waals surface area contributed by atoms with Crippen molar-refractivity contribution in [3.8, 4) is 0 Å². The minimum absolute atomic E-state index is 0.174. The van der Waals surface area contributed by atoms with Crippen LogP contribution in [0.3, 0.4) is 0 Å². The molecule has 0 saturated heterocycles. The van der Waals surface area contributed by atoms with Gasteiger partial charge in [-0.25, -0.2) is 0 Å². The van der Waals surface area contributed by atoms with E-state index in [4.69, 9.17) is 4.74 Å². The van der Waals surface area contributed by atoms with E-state index in [1.807, 2.05) is 14.0 Å². The lowest BCUT2D eigenvalue weighted by atomic mass is 9.89. The molecule has 0 heterocycles. The minimum atomic E-state index is -0.601. The van der Waals surface area contributed by atoms with E-state index in [9.17, 15) is 4.79 Å². The zero-order valence-corrected chi connectivity index (χ0v) is 13.9. The van der Waals surface area contributed by atoms with E-state index < -0.39 is 5.54 Å². The molecule has 2 atom stereocenters. The van der Waals surface area contributed by atoms with Crippen LogP contribution in [0.5, 0.6) is 0 Å². The Morgan fingerprint density at radius 1 is 1.40 bits per heavy atom. The maximum atomic E-state index is 12.0. The zero-order chi connectivity index (χ0) is 15.2. The number of esters is 1. The standard InChI is InChI=1S/C16H32N2O2/c1-6-18(14-10-8-7-9-11-14)13(2)12-16(3,17-4)15(19)20-5/h13-14,17H,6-12H2,1-5H3. The second-order valence-electron chi connectivity index (χ2n) is 6.25. The molecule has 1 aliphatic carbocycles. The van der Waals surface area contributed by atoms with Gasteiger partial charge in [0.1, 0.15) is 5.54 Å². The number of carbonyl (C=O) groups is 1. The highest BCUT2D eigenvalue weighted by molar-refractivity contribution is 5.80. The first-order valence-electron chi connectivity index (χ1n) is 8.01. The molecule has 1 N–H and O–H groups in total. The molecule has 20 heavy (non-hydrogen) atoms. The van der Waals surface area contributed by atoms with Gasteiger partial charge in [-0.15, -0.1) is 0 Å². The SMILES string of the molecule is CCN(C(C)CC(C)(NC)C(=O)OC)C1CCCCC1. The van der Waals surface area contributed by atoms with Crippen molar-refractivity contribution in [2.75, 3.05) is 20.7 Å². The van der Waals surface area contributed by atoms with Crippen LogP contribution in [0.4, 0.5) is 0 Å². The maximum absolute atomic E-state index is 12.0. The van der Waals surface area contributed by atoms with E-state index in [1.54, 1.807) is 0 Å². The summed E-state index contributed by atoms with van der Waals surface area (Å²) in [5, 5.41) is 3.14. The van der Waals surface area contributed by atoms with Crippen LogP contribution in [0.25, 0.3) is 0 Å². The highest BCUT2D eigenvalue weighted by Gasteiger charge is 2.36. The average Bonchev–Trinajstić information content (AvgIpc) is 2.48. The molecule has 1 saturated carbocycles. The molecule has 1 aliphatic rings. The number of carbonyl (C=O) groups excluding carboxylic acids is 1. The fraction of sp³-hybridized carbons (Fsp3) is 0.938. The van der Waals surface area contributed by atoms with Gasteiger partial charge in [0.25, 0.3) is 0 Å². The van der Waals surface area contributed by atoms with Gasteiger partial charge in [0.05, 0.1) is 7.11 Å². The van der Waals surface area contributed by atoms with E-state index in [2.05, 4.69) is 24.1 Å². The molecule has 0 aliphatic heterocycles. The Kier molecular flexibility index (Phi) is 6.96. The van der Waals surface area contributed by atoms with E-state index in [1.165, 1.54) is 39.2 Å². The third-order valence-electron chi connectivity index (χ3n) is 4.87. The summed E-state index contributed by atoms with van der Waals surface area (Å²) in [6.07, 6.45) is 7.43. The third-order valence-corrected chi connectivity index (χ3v) is 4.87. The highest BCUT2D eigenvalue weighted by Crippen LogP contribution is 2.27. The molecule has 0 aromatic rings. The molecule has 0 spiro atoms. The number of methoxy groups -OCH3 is 1. The first-order chi connectivity index (χ1) is 9.48. The molecule has 1 fully saturated rings. The number of ether oxygens (including phenoxy) is 1. The molecule has 0 bridgehead atoms. The van der Waals surface area contributed by atoms with Crippen LogP contribution < -0.4 is 5.32 Å². The number of nitrogens with one attached hydrogen (secondary N) is 1. The van der Waals surface area contributed by atoms with Gasteiger partial charge >= 0.3 is 5.97 Å². The third kappa shape index (κ3) is 4.19. The number of likely N-dealkylation sites (N-methyl/N-ethyl adjacent to an activating group) is 1. The Morgan fingerprint density at radius 2 is 2.00 bits per heavy atom. The molecule has 1 rings (SSSR count). The topological polar surface area (TPSA) is 41.6 Å². The number of rotatable bonds is 7. The molecule has 0 aromatic heterocycles. The normalized spacial score (nSPS) is 21.5. The van der Waals surface area contributed by atoms with E-state index in [0.717, 1.165) is 13.0 Å². The van der Waals surface area contributed by atoms with Crippen LogP contribution in [0.15, 0.2) is 0 Å². The van der Waals surface area contributed by atoms with Gasteiger partial charge in [-0.2, -0.15) is 0 Å². The molecule has 0 amide bonds. The van der Waals surface area contributed by atoms with E-state index in [-0.39, 0.29) is 5.97 Å². The molecular formula is C16H32N2O2. The Morgan fingerprint density at radius 3 is 2.45 bits per heavy atom. The maximum Gasteiger partial charge on any atom is 0.325 e. The summed E-state index contributed by atoms with van der Waals surface area (Å²) >= 11 is 0. The van der Waals surface area contributed by atoms with Gasteiger partial charge in [-0.1, -0.05) is 26.2 Å². The first kappa shape index (κ1) is 17.4. The molecule has 2 unspecified atom stereocenters. The van der Waals surface area contributed by atoms with Crippen molar-refractivity contribution < 1.29 is 9.53 Å². The van der Waals surface area contributed by atoms with Crippen molar-refractivity contribution in [1.29, 1.82) is 0 Å². The molecule has 4 heteroatoms. The summed E-state index contributed by atoms with van der Waals surface area (Å²) in [6, 6.07) is 1.06. The van der Waals surface area contributed by atoms with Gasteiger partial charge in [0.15, 0.2) is 0 Å². The lowest BCUT2D eigenvalue weighted by Crippen LogP contribution is -2.54. The summed E-state index contributed by atoms with van der Waals surface area (Å²) in [5.74, 6) is -0.174. The largest absolute Gasteiger partial charge is 0.468 e. The Hall–Kier alpha value is -0.610. The Bertz CT molecular complexity index is 303. The average molecular weight is 284 g/mol. The molecule has 4 nitrogen and oxygen atoms in total. The van der Waals surface area contributed by atoms with Crippen LogP contribution in [-0.4, -0.2) is 49.2 Å². The monoisotopic (exact) mass is 284 g/mol.